The number of rotatable bonds is 6. The fraction of sp³-hybridized carbons (Fsp3) is 0.467. The zero-order valence-corrected chi connectivity index (χ0v) is 13.5. The van der Waals surface area contributed by atoms with Gasteiger partial charge in [-0.15, -0.1) is 0 Å². The molecule has 21 heavy (non-hydrogen) atoms. The summed E-state index contributed by atoms with van der Waals surface area (Å²) in [6.07, 6.45) is 2.90. The summed E-state index contributed by atoms with van der Waals surface area (Å²) in [5, 5.41) is 2.93. The first-order valence-corrected chi connectivity index (χ1v) is 8.58. The number of hydrogen-bond donors (Lipinski definition) is 2. The molecule has 0 spiro atoms. The second-order valence-corrected chi connectivity index (χ2v) is 6.84. The number of thioether (sulfide) groups is 1. The van der Waals surface area contributed by atoms with Crippen LogP contribution in [0.15, 0.2) is 24.3 Å². The summed E-state index contributed by atoms with van der Waals surface area (Å²) >= 11 is 6.72. The monoisotopic (exact) mass is 324 g/mol. The van der Waals surface area contributed by atoms with Gasteiger partial charge >= 0.3 is 0 Å². The highest BCUT2D eigenvalue weighted by Gasteiger charge is 2.17. The van der Waals surface area contributed by atoms with Crippen molar-refractivity contribution < 1.29 is 9.53 Å². The Morgan fingerprint density at radius 2 is 2.00 bits per heavy atom. The van der Waals surface area contributed by atoms with E-state index in [9.17, 15) is 4.79 Å². The molecule has 1 fully saturated rings. The fourth-order valence-electron chi connectivity index (χ4n) is 2.21. The van der Waals surface area contributed by atoms with Crippen molar-refractivity contribution in [2.75, 3.05) is 23.4 Å². The van der Waals surface area contributed by atoms with Gasteiger partial charge in [0.2, 0.25) is 5.91 Å². The molecule has 0 aliphatic carbocycles. The largest absolute Gasteiger partial charge is 0.487 e. The Morgan fingerprint density at radius 1 is 1.33 bits per heavy atom. The molecule has 1 heterocycles. The van der Waals surface area contributed by atoms with Crippen molar-refractivity contribution >= 4 is 40.6 Å². The van der Waals surface area contributed by atoms with Crippen molar-refractivity contribution in [2.24, 2.45) is 11.7 Å². The molecule has 0 aromatic heterocycles. The maximum absolute atomic E-state index is 12.0. The Labute approximate surface area is 134 Å². The Hall–Kier alpha value is -1.27. The summed E-state index contributed by atoms with van der Waals surface area (Å²) in [4.78, 5) is 12.3. The second-order valence-electron chi connectivity index (χ2n) is 5.09. The normalized spacial score (nSPS) is 15.4. The summed E-state index contributed by atoms with van der Waals surface area (Å²) in [5.74, 6) is 3.65. The summed E-state index contributed by atoms with van der Waals surface area (Å²) in [6.45, 7) is 0.223. The molecule has 1 saturated heterocycles. The molecular weight excluding hydrogens is 304 g/mol. The standard InChI is InChI=1S/C15H20N2O2S2/c16-14(20)10-19-13-3-1-12(2-4-13)17-15(18)9-11-5-7-21-8-6-11/h1-4,11H,5-10H2,(H2,16,20)(H,17,18). The number of thiocarbonyl (C=S) groups is 1. The van der Waals surface area contributed by atoms with Gasteiger partial charge in [-0.3, -0.25) is 4.79 Å². The van der Waals surface area contributed by atoms with E-state index >= 15 is 0 Å². The summed E-state index contributed by atoms with van der Waals surface area (Å²) < 4.78 is 5.37. The van der Waals surface area contributed by atoms with E-state index < -0.39 is 0 Å². The van der Waals surface area contributed by atoms with Gasteiger partial charge in [0.1, 0.15) is 17.3 Å². The van der Waals surface area contributed by atoms with E-state index in [-0.39, 0.29) is 12.5 Å². The van der Waals surface area contributed by atoms with Gasteiger partial charge in [-0.25, -0.2) is 0 Å². The lowest BCUT2D eigenvalue weighted by Gasteiger charge is -2.20. The topological polar surface area (TPSA) is 64.3 Å². The molecule has 1 aromatic rings. The van der Waals surface area contributed by atoms with Crippen molar-refractivity contribution in [1.29, 1.82) is 0 Å². The van der Waals surface area contributed by atoms with Crippen LogP contribution in [0.1, 0.15) is 19.3 Å². The van der Waals surface area contributed by atoms with Crippen LogP contribution in [-0.4, -0.2) is 29.0 Å². The Morgan fingerprint density at radius 3 is 2.62 bits per heavy atom. The van der Waals surface area contributed by atoms with Gasteiger partial charge in [0.15, 0.2) is 0 Å². The molecule has 1 aromatic carbocycles. The predicted molar refractivity (Wildman–Crippen MR) is 92.0 cm³/mol. The number of hydrogen-bond acceptors (Lipinski definition) is 4. The Bertz CT molecular complexity index is 485. The van der Waals surface area contributed by atoms with Crippen molar-refractivity contribution in [1.82, 2.24) is 0 Å². The van der Waals surface area contributed by atoms with Crippen LogP contribution in [0.3, 0.4) is 0 Å². The molecular formula is C15H20N2O2S2. The van der Waals surface area contributed by atoms with Crippen LogP contribution in [0.2, 0.25) is 0 Å². The van der Waals surface area contributed by atoms with Crippen LogP contribution >= 0.6 is 24.0 Å². The minimum Gasteiger partial charge on any atom is -0.487 e. The number of anilines is 1. The average Bonchev–Trinajstić information content (AvgIpc) is 2.47. The van der Waals surface area contributed by atoms with Crippen LogP contribution in [0.25, 0.3) is 0 Å². The van der Waals surface area contributed by atoms with E-state index in [2.05, 4.69) is 5.32 Å². The average molecular weight is 324 g/mol. The molecule has 0 saturated carbocycles. The minimum absolute atomic E-state index is 0.0868. The summed E-state index contributed by atoms with van der Waals surface area (Å²) in [6, 6.07) is 7.24. The van der Waals surface area contributed by atoms with Gasteiger partial charge in [0.25, 0.3) is 0 Å². The Balaban J connectivity index is 1.79. The molecule has 1 aliphatic heterocycles. The fourth-order valence-corrected chi connectivity index (χ4v) is 3.48. The third-order valence-corrected chi connectivity index (χ3v) is 4.50. The Kier molecular flexibility index (Phi) is 6.32. The van der Waals surface area contributed by atoms with Crippen molar-refractivity contribution in [2.45, 2.75) is 19.3 Å². The predicted octanol–water partition coefficient (Wildman–Crippen LogP) is 2.82. The van der Waals surface area contributed by atoms with Crippen LogP contribution in [0.5, 0.6) is 5.75 Å². The number of carbonyl (C=O) groups is 1. The molecule has 3 N–H and O–H groups in total. The molecule has 1 aliphatic rings. The lowest BCUT2D eigenvalue weighted by Crippen LogP contribution is -2.19. The molecule has 4 nitrogen and oxygen atoms in total. The lowest BCUT2D eigenvalue weighted by atomic mass is 9.98. The zero-order valence-electron chi connectivity index (χ0n) is 11.8. The maximum atomic E-state index is 12.0. The number of carbonyl (C=O) groups excluding carboxylic acids is 1. The molecule has 2 rings (SSSR count). The number of benzene rings is 1. The molecule has 0 radical (unpaired) electrons. The van der Waals surface area contributed by atoms with Crippen LogP contribution < -0.4 is 15.8 Å². The van der Waals surface area contributed by atoms with E-state index in [0.717, 1.165) is 18.5 Å². The zero-order chi connectivity index (χ0) is 15.1. The van der Waals surface area contributed by atoms with Crippen LogP contribution in [0.4, 0.5) is 5.69 Å². The highest BCUT2D eigenvalue weighted by Crippen LogP contribution is 2.25. The van der Waals surface area contributed by atoms with Crippen molar-refractivity contribution in [3.63, 3.8) is 0 Å². The quantitative estimate of drug-likeness (QED) is 0.788. The summed E-state index contributed by atoms with van der Waals surface area (Å²) in [7, 11) is 0. The second kappa shape index (κ2) is 8.24. The van der Waals surface area contributed by atoms with E-state index in [1.165, 1.54) is 11.5 Å². The molecule has 114 valence electrons. The molecule has 0 unspecified atom stereocenters. The first-order chi connectivity index (χ1) is 10.1. The molecule has 1 amide bonds. The van der Waals surface area contributed by atoms with E-state index in [4.69, 9.17) is 22.7 Å². The maximum Gasteiger partial charge on any atom is 0.224 e. The van der Waals surface area contributed by atoms with E-state index in [0.29, 0.717) is 23.1 Å². The van der Waals surface area contributed by atoms with E-state index in [1.807, 2.05) is 23.9 Å². The van der Waals surface area contributed by atoms with Crippen molar-refractivity contribution in [3.05, 3.63) is 24.3 Å². The van der Waals surface area contributed by atoms with Gasteiger partial charge in [-0.1, -0.05) is 12.2 Å². The number of nitrogens with two attached hydrogens (primary N) is 1. The van der Waals surface area contributed by atoms with Crippen molar-refractivity contribution in [3.8, 4) is 5.75 Å². The number of amides is 1. The number of nitrogens with one attached hydrogen (secondary N) is 1. The van der Waals surface area contributed by atoms with Gasteiger partial charge in [0.05, 0.1) is 0 Å². The third kappa shape index (κ3) is 5.93. The highest BCUT2D eigenvalue weighted by atomic mass is 32.2. The molecule has 6 heteroatoms. The van der Waals surface area contributed by atoms with E-state index in [1.54, 1.807) is 12.1 Å². The van der Waals surface area contributed by atoms with Gasteiger partial charge in [-0.05, 0) is 54.5 Å². The van der Waals surface area contributed by atoms with Crippen LogP contribution in [0, 0.1) is 5.92 Å². The first kappa shape index (κ1) is 16.1. The lowest BCUT2D eigenvalue weighted by molar-refractivity contribution is -0.117. The summed E-state index contributed by atoms with van der Waals surface area (Å²) in [5.41, 5.74) is 6.16. The van der Waals surface area contributed by atoms with Gasteiger partial charge in [0, 0.05) is 12.1 Å². The first-order valence-electron chi connectivity index (χ1n) is 7.02. The van der Waals surface area contributed by atoms with Gasteiger partial charge in [-0.2, -0.15) is 11.8 Å². The molecule has 0 bridgehead atoms. The molecule has 0 atom stereocenters. The smallest absolute Gasteiger partial charge is 0.224 e. The highest BCUT2D eigenvalue weighted by molar-refractivity contribution is 7.99. The SMILES string of the molecule is NC(=S)COc1ccc(NC(=O)CC2CCSCC2)cc1. The number of ether oxygens (including phenoxy) is 1. The minimum atomic E-state index is 0.0868. The van der Waals surface area contributed by atoms with Gasteiger partial charge < -0.3 is 15.8 Å². The third-order valence-electron chi connectivity index (χ3n) is 3.33. The van der Waals surface area contributed by atoms with Crippen LogP contribution in [-0.2, 0) is 4.79 Å².